The molecule has 166 valence electrons. The summed E-state index contributed by atoms with van der Waals surface area (Å²) in [6.07, 6.45) is 3.99. The third-order valence-electron chi connectivity index (χ3n) is 6.85. The standard InChI is InChI=1S/C31H37N/c1-18(2)23-11-12-24(19(3)4)29-15-22(9-10-25(23)29)28-16-27(20(5)6)30-17-32-14-13-26(30)31(28)21(7)8/h9-21H,1-8H3. The van der Waals surface area contributed by atoms with E-state index in [4.69, 9.17) is 0 Å². The summed E-state index contributed by atoms with van der Waals surface area (Å²) in [6.45, 7) is 18.4. The summed E-state index contributed by atoms with van der Waals surface area (Å²) >= 11 is 0. The highest BCUT2D eigenvalue weighted by Crippen LogP contribution is 2.41. The maximum atomic E-state index is 4.46. The zero-order valence-electron chi connectivity index (χ0n) is 21.0. The first kappa shape index (κ1) is 22.5. The Balaban J connectivity index is 2.09. The highest BCUT2D eigenvalue weighted by Gasteiger charge is 2.19. The number of aromatic nitrogens is 1. The number of hydrogen-bond acceptors (Lipinski definition) is 1. The molecule has 0 N–H and O–H groups in total. The van der Waals surface area contributed by atoms with Crippen LogP contribution in [-0.4, -0.2) is 4.98 Å². The van der Waals surface area contributed by atoms with Crippen molar-refractivity contribution >= 4 is 21.5 Å². The van der Waals surface area contributed by atoms with Gasteiger partial charge in [-0.15, -0.1) is 0 Å². The highest BCUT2D eigenvalue weighted by molar-refractivity contribution is 5.98. The molecule has 0 aliphatic rings. The lowest BCUT2D eigenvalue weighted by Crippen LogP contribution is -2.01. The average Bonchev–Trinajstić information content (AvgIpc) is 2.76. The largest absolute Gasteiger partial charge is 0.264 e. The molecule has 1 nitrogen and oxygen atoms in total. The van der Waals surface area contributed by atoms with Gasteiger partial charge in [0.25, 0.3) is 0 Å². The Hall–Kier alpha value is -2.67. The fraction of sp³-hybridized carbons (Fsp3) is 0.387. The molecule has 0 bridgehead atoms. The number of hydrogen-bond donors (Lipinski definition) is 0. The van der Waals surface area contributed by atoms with Crippen molar-refractivity contribution in [1.82, 2.24) is 4.98 Å². The Kier molecular flexibility index (Phi) is 6.12. The molecule has 1 aromatic heterocycles. The van der Waals surface area contributed by atoms with Gasteiger partial charge in [-0.1, -0.05) is 79.7 Å². The van der Waals surface area contributed by atoms with Crippen LogP contribution in [-0.2, 0) is 0 Å². The van der Waals surface area contributed by atoms with Gasteiger partial charge in [0, 0.05) is 17.8 Å². The number of nitrogens with zero attached hydrogens (tertiary/aromatic N) is 1. The van der Waals surface area contributed by atoms with Gasteiger partial charge in [-0.05, 0) is 91.4 Å². The van der Waals surface area contributed by atoms with Crippen LogP contribution < -0.4 is 0 Å². The van der Waals surface area contributed by atoms with Gasteiger partial charge >= 0.3 is 0 Å². The second-order valence-corrected chi connectivity index (χ2v) is 10.5. The van der Waals surface area contributed by atoms with E-state index >= 15 is 0 Å². The van der Waals surface area contributed by atoms with E-state index in [1.165, 1.54) is 54.9 Å². The maximum absolute atomic E-state index is 4.46. The van der Waals surface area contributed by atoms with E-state index in [-0.39, 0.29) is 0 Å². The third kappa shape index (κ3) is 3.83. The van der Waals surface area contributed by atoms with Gasteiger partial charge in [0.15, 0.2) is 0 Å². The normalized spacial score (nSPS) is 12.2. The Bertz CT molecular complexity index is 1270. The van der Waals surface area contributed by atoms with Crippen LogP contribution in [0.5, 0.6) is 0 Å². The van der Waals surface area contributed by atoms with Gasteiger partial charge in [-0.2, -0.15) is 0 Å². The lowest BCUT2D eigenvalue weighted by molar-refractivity contribution is 0.858. The molecule has 4 rings (SSSR count). The summed E-state index contributed by atoms with van der Waals surface area (Å²) in [5, 5.41) is 5.44. The summed E-state index contributed by atoms with van der Waals surface area (Å²) in [4.78, 5) is 4.46. The number of benzene rings is 3. The van der Waals surface area contributed by atoms with Crippen molar-refractivity contribution in [2.24, 2.45) is 0 Å². The highest BCUT2D eigenvalue weighted by atomic mass is 14.6. The van der Waals surface area contributed by atoms with Crippen LogP contribution in [0, 0.1) is 0 Å². The summed E-state index contributed by atoms with van der Waals surface area (Å²) < 4.78 is 0. The van der Waals surface area contributed by atoms with E-state index in [0.717, 1.165) is 0 Å². The smallest absolute Gasteiger partial charge is 0.0349 e. The van der Waals surface area contributed by atoms with Crippen LogP contribution in [0.3, 0.4) is 0 Å². The van der Waals surface area contributed by atoms with Crippen LogP contribution in [0.2, 0.25) is 0 Å². The van der Waals surface area contributed by atoms with Crippen molar-refractivity contribution in [3.63, 3.8) is 0 Å². The minimum absolute atomic E-state index is 0.429. The molecule has 0 unspecified atom stereocenters. The van der Waals surface area contributed by atoms with Gasteiger partial charge in [0.1, 0.15) is 0 Å². The molecule has 0 aliphatic carbocycles. The number of rotatable bonds is 5. The first-order valence-electron chi connectivity index (χ1n) is 12.2. The van der Waals surface area contributed by atoms with Crippen molar-refractivity contribution in [1.29, 1.82) is 0 Å². The molecule has 1 heteroatoms. The van der Waals surface area contributed by atoms with Crippen LogP contribution in [0.25, 0.3) is 32.7 Å². The second-order valence-electron chi connectivity index (χ2n) is 10.5. The molecule has 4 aromatic rings. The van der Waals surface area contributed by atoms with Crippen LogP contribution in [0.1, 0.15) is 101 Å². The van der Waals surface area contributed by atoms with Crippen molar-refractivity contribution in [2.45, 2.75) is 79.1 Å². The molecule has 0 amide bonds. The van der Waals surface area contributed by atoms with E-state index in [2.05, 4.69) is 103 Å². The Morgan fingerprint density at radius 2 is 1.16 bits per heavy atom. The van der Waals surface area contributed by atoms with E-state index in [1.807, 2.05) is 12.4 Å². The first-order valence-corrected chi connectivity index (χ1v) is 12.2. The zero-order valence-corrected chi connectivity index (χ0v) is 21.0. The SMILES string of the molecule is CC(C)c1ccc(C(C)C)c2cc(-c3cc(C(C)C)c4cnccc4c3C(C)C)ccc12. The van der Waals surface area contributed by atoms with Gasteiger partial charge in [0.2, 0.25) is 0 Å². The quantitative estimate of drug-likeness (QED) is 0.311. The van der Waals surface area contributed by atoms with Crippen molar-refractivity contribution in [3.8, 4) is 11.1 Å². The summed E-state index contributed by atoms with van der Waals surface area (Å²) in [5.74, 6) is 1.88. The van der Waals surface area contributed by atoms with Gasteiger partial charge < -0.3 is 0 Å². The summed E-state index contributed by atoms with van der Waals surface area (Å²) in [7, 11) is 0. The first-order chi connectivity index (χ1) is 15.2. The van der Waals surface area contributed by atoms with Crippen molar-refractivity contribution in [2.75, 3.05) is 0 Å². The van der Waals surface area contributed by atoms with Crippen molar-refractivity contribution in [3.05, 3.63) is 77.1 Å². The summed E-state index contributed by atoms with van der Waals surface area (Å²) in [6, 6.07) is 16.5. The molecule has 0 atom stereocenters. The number of pyridine rings is 1. The van der Waals surface area contributed by atoms with Crippen molar-refractivity contribution < 1.29 is 0 Å². The average molecular weight is 424 g/mol. The minimum Gasteiger partial charge on any atom is -0.264 e. The fourth-order valence-electron chi connectivity index (χ4n) is 5.22. The van der Waals surface area contributed by atoms with Gasteiger partial charge in [-0.3, -0.25) is 4.98 Å². The molecule has 0 radical (unpaired) electrons. The van der Waals surface area contributed by atoms with E-state index in [0.29, 0.717) is 23.7 Å². The van der Waals surface area contributed by atoms with Gasteiger partial charge in [0.05, 0.1) is 0 Å². The third-order valence-corrected chi connectivity index (χ3v) is 6.85. The lowest BCUT2D eigenvalue weighted by Gasteiger charge is -2.22. The predicted molar refractivity (Wildman–Crippen MR) is 141 cm³/mol. The summed E-state index contributed by atoms with van der Waals surface area (Å²) in [5.41, 5.74) is 8.38. The zero-order chi connectivity index (χ0) is 23.2. The molecule has 0 aliphatic heterocycles. The molecule has 0 fully saturated rings. The van der Waals surface area contributed by atoms with E-state index in [9.17, 15) is 0 Å². The molecule has 0 saturated heterocycles. The Morgan fingerprint density at radius 3 is 1.75 bits per heavy atom. The molecule has 0 saturated carbocycles. The molecule has 32 heavy (non-hydrogen) atoms. The lowest BCUT2D eigenvalue weighted by atomic mass is 9.82. The molecule has 1 heterocycles. The predicted octanol–water partition coefficient (Wildman–Crippen LogP) is 9.55. The van der Waals surface area contributed by atoms with Crippen LogP contribution in [0.15, 0.2) is 54.9 Å². The monoisotopic (exact) mass is 423 g/mol. The van der Waals surface area contributed by atoms with Crippen LogP contribution in [0.4, 0.5) is 0 Å². The van der Waals surface area contributed by atoms with Crippen LogP contribution >= 0.6 is 0 Å². The van der Waals surface area contributed by atoms with E-state index in [1.54, 1.807) is 0 Å². The molecule has 0 spiro atoms. The fourth-order valence-corrected chi connectivity index (χ4v) is 5.22. The Morgan fingerprint density at radius 1 is 0.531 bits per heavy atom. The second kappa shape index (κ2) is 8.70. The molecular weight excluding hydrogens is 386 g/mol. The molecular formula is C31H37N. The van der Waals surface area contributed by atoms with E-state index < -0.39 is 0 Å². The maximum Gasteiger partial charge on any atom is 0.0349 e. The number of fused-ring (bicyclic) bond motifs is 2. The minimum atomic E-state index is 0.429. The topological polar surface area (TPSA) is 12.9 Å². The Labute approximate surface area is 193 Å². The molecule has 3 aromatic carbocycles. The van der Waals surface area contributed by atoms with Gasteiger partial charge in [-0.25, -0.2) is 0 Å².